The number of carbonyl (C=O) groups is 4. The molecule has 0 aliphatic heterocycles. The number of rotatable bonds is 14. The Morgan fingerprint density at radius 3 is 2.06 bits per heavy atom. The number of nitrogens with one attached hydrogen (secondary N) is 3. The van der Waals surface area contributed by atoms with E-state index in [9.17, 15) is 29.4 Å². The summed E-state index contributed by atoms with van der Waals surface area (Å²) in [5.74, 6) is -3.22. The molecule has 1 rings (SSSR count). The monoisotopic (exact) mass is 479 g/mol. The van der Waals surface area contributed by atoms with Crippen LogP contribution in [0.2, 0.25) is 0 Å². The van der Waals surface area contributed by atoms with Crippen molar-refractivity contribution in [2.24, 2.45) is 17.4 Å². The van der Waals surface area contributed by atoms with Gasteiger partial charge in [-0.15, -0.1) is 0 Å². The topological polar surface area (TPSA) is 197 Å². The molecular weight excluding hydrogens is 442 g/mol. The summed E-state index contributed by atoms with van der Waals surface area (Å²) in [6.45, 7) is 5.41. The summed E-state index contributed by atoms with van der Waals surface area (Å²) in [5, 5.41) is 26.4. The molecule has 11 nitrogen and oxygen atoms in total. The van der Waals surface area contributed by atoms with Gasteiger partial charge < -0.3 is 37.6 Å². The molecule has 1 aromatic carbocycles. The number of aliphatic carboxylic acids is 1. The van der Waals surface area contributed by atoms with Crippen LogP contribution in [0.1, 0.15) is 45.6 Å². The fraction of sp³-hybridized carbons (Fsp3) is 0.565. The van der Waals surface area contributed by atoms with Crippen molar-refractivity contribution in [3.05, 3.63) is 29.8 Å². The van der Waals surface area contributed by atoms with Gasteiger partial charge in [-0.1, -0.05) is 32.4 Å². The number of unbranched alkanes of at least 4 members (excludes halogenated alkanes) is 1. The minimum atomic E-state index is -1.24. The number of carboxylic acids is 1. The van der Waals surface area contributed by atoms with Crippen LogP contribution >= 0.6 is 0 Å². The highest BCUT2D eigenvalue weighted by molar-refractivity contribution is 5.94. The maximum Gasteiger partial charge on any atom is 0.326 e. The molecule has 0 aliphatic carbocycles. The number of phenolic OH excluding ortho intramolecular Hbond substituents is 1. The summed E-state index contributed by atoms with van der Waals surface area (Å²) in [5.41, 5.74) is 11.9. The Morgan fingerprint density at radius 1 is 0.912 bits per heavy atom. The molecule has 0 saturated carbocycles. The summed E-state index contributed by atoms with van der Waals surface area (Å²) in [6, 6.07) is 1.97. The first-order valence-electron chi connectivity index (χ1n) is 11.3. The van der Waals surface area contributed by atoms with E-state index in [0.717, 1.165) is 6.42 Å². The zero-order valence-corrected chi connectivity index (χ0v) is 19.9. The van der Waals surface area contributed by atoms with E-state index in [1.807, 2.05) is 0 Å². The van der Waals surface area contributed by atoms with Crippen LogP contribution in [-0.2, 0) is 25.6 Å². The van der Waals surface area contributed by atoms with E-state index < -0.39 is 47.9 Å². The number of benzene rings is 1. The predicted octanol–water partition coefficient (Wildman–Crippen LogP) is -0.394. The summed E-state index contributed by atoms with van der Waals surface area (Å²) >= 11 is 0. The summed E-state index contributed by atoms with van der Waals surface area (Å²) in [6.07, 6.45) is 1.86. The zero-order chi connectivity index (χ0) is 25.8. The van der Waals surface area contributed by atoms with E-state index in [2.05, 4.69) is 16.0 Å². The molecule has 11 heteroatoms. The van der Waals surface area contributed by atoms with Crippen LogP contribution in [0.3, 0.4) is 0 Å². The molecule has 4 atom stereocenters. The number of phenols is 1. The number of amides is 3. The van der Waals surface area contributed by atoms with Gasteiger partial charge in [-0.25, -0.2) is 4.79 Å². The van der Waals surface area contributed by atoms with Crippen LogP contribution in [0.4, 0.5) is 0 Å². The second kappa shape index (κ2) is 14.2. The molecule has 4 unspecified atom stereocenters. The molecule has 34 heavy (non-hydrogen) atoms. The third-order valence-electron chi connectivity index (χ3n) is 5.30. The summed E-state index contributed by atoms with van der Waals surface area (Å²) in [7, 11) is 0. The largest absolute Gasteiger partial charge is 0.508 e. The first-order valence-corrected chi connectivity index (χ1v) is 11.3. The highest BCUT2D eigenvalue weighted by atomic mass is 16.4. The van der Waals surface area contributed by atoms with Gasteiger partial charge in [0.2, 0.25) is 17.7 Å². The third-order valence-corrected chi connectivity index (χ3v) is 5.30. The highest BCUT2D eigenvalue weighted by Gasteiger charge is 2.30. The van der Waals surface area contributed by atoms with Crippen molar-refractivity contribution in [2.45, 2.75) is 70.6 Å². The van der Waals surface area contributed by atoms with Gasteiger partial charge in [0.15, 0.2) is 0 Å². The van der Waals surface area contributed by atoms with Gasteiger partial charge in [0.05, 0.1) is 6.04 Å². The lowest BCUT2D eigenvalue weighted by Crippen LogP contribution is -2.57. The van der Waals surface area contributed by atoms with Crippen molar-refractivity contribution in [3.8, 4) is 5.75 Å². The molecule has 0 saturated heterocycles. The van der Waals surface area contributed by atoms with Gasteiger partial charge >= 0.3 is 5.97 Å². The Balaban J connectivity index is 2.72. The Bertz CT molecular complexity index is 830. The highest BCUT2D eigenvalue weighted by Crippen LogP contribution is 2.12. The SMILES string of the molecule is CC(NC(=O)C(NC(=O)C(N)CCCCN)C(C)C)C(=O)NC(Cc1ccc(O)cc1)C(=O)O. The van der Waals surface area contributed by atoms with Gasteiger partial charge in [0.1, 0.15) is 23.9 Å². The molecule has 0 aliphatic rings. The van der Waals surface area contributed by atoms with Crippen molar-refractivity contribution < 1.29 is 29.4 Å². The standard InChI is InChI=1S/C23H37N5O6/c1-13(2)19(28-21(31)17(25)6-4-5-11-24)22(32)26-14(3)20(30)27-18(23(33)34)12-15-7-9-16(29)10-8-15/h7-10,13-14,17-19,29H,4-6,11-12,24-25H2,1-3H3,(H,26,32)(H,27,30)(H,28,31)(H,33,34). The van der Waals surface area contributed by atoms with Crippen LogP contribution in [0.25, 0.3) is 0 Å². The van der Waals surface area contributed by atoms with Crippen molar-refractivity contribution in [1.82, 2.24) is 16.0 Å². The maximum atomic E-state index is 12.8. The lowest BCUT2D eigenvalue weighted by atomic mass is 10.0. The molecule has 0 bridgehead atoms. The van der Waals surface area contributed by atoms with Gasteiger partial charge in [-0.2, -0.15) is 0 Å². The molecule has 0 fully saturated rings. The Hall–Kier alpha value is -3.18. The molecule has 0 aromatic heterocycles. The van der Waals surface area contributed by atoms with Gasteiger partial charge in [-0.05, 0) is 49.9 Å². The van der Waals surface area contributed by atoms with Crippen molar-refractivity contribution in [1.29, 1.82) is 0 Å². The quantitative estimate of drug-likeness (QED) is 0.175. The number of hydrogen-bond donors (Lipinski definition) is 7. The van der Waals surface area contributed by atoms with Crippen LogP contribution in [0.5, 0.6) is 5.75 Å². The molecule has 1 aromatic rings. The predicted molar refractivity (Wildman–Crippen MR) is 127 cm³/mol. The normalized spacial score (nSPS) is 14.5. The number of aromatic hydroxyl groups is 1. The number of nitrogens with two attached hydrogens (primary N) is 2. The summed E-state index contributed by atoms with van der Waals surface area (Å²) < 4.78 is 0. The van der Waals surface area contributed by atoms with Crippen LogP contribution in [0, 0.1) is 5.92 Å². The average Bonchev–Trinajstić information content (AvgIpc) is 2.77. The molecular formula is C23H37N5O6. The summed E-state index contributed by atoms with van der Waals surface area (Å²) in [4.78, 5) is 49.3. The average molecular weight is 480 g/mol. The lowest BCUT2D eigenvalue weighted by Gasteiger charge is -2.25. The van der Waals surface area contributed by atoms with Gasteiger partial charge in [0.25, 0.3) is 0 Å². The van der Waals surface area contributed by atoms with E-state index in [-0.39, 0.29) is 18.1 Å². The fourth-order valence-corrected chi connectivity index (χ4v) is 3.17. The molecule has 0 radical (unpaired) electrons. The molecule has 9 N–H and O–H groups in total. The van der Waals surface area contributed by atoms with E-state index in [1.54, 1.807) is 26.0 Å². The first kappa shape index (κ1) is 28.9. The fourth-order valence-electron chi connectivity index (χ4n) is 3.17. The van der Waals surface area contributed by atoms with E-state index >= 15 is 0 Å². The van der Waals surface area contributed by atoms with Crippen molar-refractivity contribution in [3.63, 3.8) is 0 Å². The number of hydrogen-bond acceptors (Lipinski definition) is 7. The van der Waals surface area contributed by atoms with Crippen LogP contribution in [-0.4, -0.2) is 64.6 Å². The van der Waals surface area contributed by atoms with E-state index in [1.165, 1.54) is 19.1 Å². The smallest absolute Gasteiger partial charge is 0.326 e. The first-order chi connectivity index (χ1) is 16.0. The third kappa shape index (κ3) is 9.75. The van der Waals surface area contributed by atoms with E-state index in [4.69, 9.17) is 11.5 Å². The molecule has 190 valence electrons. The Labute approximate surface area is 199 Å². The Morgan fingerprint density at radius 2 is 1.53 bits per heavy atom. The number of carboxylic acid groups (broad SMARTS) is 1. The minimum absolute atomic E-state index is 0.00522. The maximum absolute atomic E-state index is 12.8. The van der Waals surface area contributed by atoms with Crippen molar-refractivity contribution >= 4 is 23.7 Å². The van der Waals surface area contributed by atoms with Gasteiger partial charge in [-0.3, -0.25) is 14.4 Å². The second-order valence-electron chi connectivity index (χ2n) is 8.62. The molecule has 3 amide bonds. The minimum Gasteiger partial charge on any atom is -0.508 e. The van der Waals surface area contributed by atoms with Crippen LogP contribution in [0.15, 0.2) is 24.3 Å². The zero-order valence-electron chi connectivity index (χ0n) is 19.9. The molecule has 0 heterocycles. The van der Waals surface area contributed by atoms with E-state index in [0.29, 0.717) is 24.9 Å². The number of carbonyl (C=O) groups excluding carboxylic acids is 3. The van der Waals surface area contributed by atoms with Crippen molar-refractivity contribution in [2.75, 3.05) is 6.54 Å². The van der Waals surface area contributed by atoms with Crippen LogP contribution < -0.4 is 27.4 Å². The van der Waals surface area contributed by atoms with Gasteiger partial charge in [0, 0.05) is 6.42 Å². The Kier molecular flexibility index (Phi) is 12.0. The second-order valence-corrected chi connectivity index (χ2v) is 8.62. The molecule has 0 spiro atoms. The lowest BCUT2D eigenvalue weighted by molar-refractivity contribution is -0.142.